The van der Waals surface area contributed by atoms with Crippen molar-refractivity contribution in [3.63, 3.8) is 0 Å². The molecule has 0 amide bonds. The second-order valence-corrected chi connectivity index (χ2v) is 7.80. The van der Waals surface area contributed by atoms with E-state index in [9.17, 15) is 10.1 Å². The molecule has 1 aliphatic rings. The normalized spacial score (nSPS) is 22.9. The maximum absolute atomic E-state index is 11.5. The van der Waals surface area contributed by atoms with E-state index in [4.69, 9.17) is 11.6 Å². The Balaban J connectivity index is 2.54. The van der Waals surface area contributed by atoms with Gasteiger partial charge in [-0.05, 0) is 38.5 Å². The molecule has 0 spiro atoms. The second-order valence-electron chi connectivity index (χ2n) is 4.94. The molecule has 1 fully saturated rings. The molecule has 0 N–H and O–H groups in total. The molecule has 4 nitrogen and oxygen atoms in total. The van der Waals surface area contributed by atoms with Gasteiger partial charge in [0.15, 0.2) is 0 Å². The smallest absolute Gasteiger partial charge is 0.318 e. The van der Waals surface area contributed by atoms with Gasteiger partial charge in [0, 0.05) is 12.1 Å². The van der Waals surface area contributed by atoms with Crippen molar-refractivity contribution in [3.8, 4) is 0 Å². The Morgan fingerprint density at radius 2 is 2.10 bits per heavy atom. The summed E-state index contributed by atoms with van der Waals surface area (Å²) in [5.74, 6) is 0. The number of nitro groups is 1. The molecule has 2 unspecified atom stereocenters. The Kier molecular flexibility index (Phi) is 4.99. The van der Waals surface area contributed by atoms with Gasteiger partial charge in [-0.25, -0.2) is 0 Å². The van der Waals surface area contributed by atoms with Crippen LogP contribution < -0.4 is 4.90 Å². The van der Waals surface area contributed by atoms with Gasteiger partial charge in [-0.1, -0.05) is 29.9 Å². The van der Waals surface area contributed by atoms with Crippen LogP contribution in [0.5, 0.6) is 0 Å². The first-order valence-corrected chi connectivity index (χ1v) is 8.57. The van der Waals surface area contributed by atoms with E-state index in [1.54, 1.807) is 5.41 Å². The molecule has 1 aliphatic heterocycles. The van der Waals surface area contributed by atoms with E-state index < -0.39 is 0 Å². The number of rotatable bonds is 4. The fourth-order valence-corrected chi connectivity index (χ4v) is 5.14. The van der Waals surface area contributed by atoms with Gasteiger partial charge in [0.1, 0.15) is 14.2 Å². The van der Waals surface area contributed by atoms with E-state index in [0.717, 1.165) is 19.3 Å². The minimum Gasteiger partial charge on any atom is -0.359 e. The number of piperidine rings is 1. The van der Waals surface area contributed by atoms with Crippen LogP contribution >= 0.6 is 34.7 Å². The van der Waals surface area contributed by atoms with Crippen molar-refractivity contribution in [3.05, 3.63) is 26.4 Å². The number of hydrogen-bond donors (Lipinski definition) is 0. The van der Waals surface area contributed by atoms with Crippen molar-refractivity contribution in [1.29, 1.82) is 0 Å². The first-order chi connectivity index (χ1) is 9.47. The number of halogens is 1. The van der Waals surface area contributed by atoms with Crippen molar-refractivity contribution in [2.24, 2.45) is 0 Å². The molecule has 110 valence electrons. The van der Waals surface area contributed by atoms with Crippen LogP contribution in [0.1, 0.15) is 33.1 Å². The van der Waals surface area contributed by atoms with Gasteiger partial charge in [-0.2, -0.15) is 0 Å². The molecule has 20 heavy (non-hydrogen) atoms. The highest BCUT2D eigenvalue weighted by Crippen LogP contribution is 2.51. The summed E-state index contributed by atoms with van der Waals surface area (Å²) in [5.41, 5.74) is 0.719. The van der Waals surface area contributed by atoms with Crippen LogP contribution in [0.15, 0.2) is 16.2 Å². The average molecular weight is 333 g/mol. The fraction of sp³-hybridized carbons (Fsp3) is 0.538. The Morgan fingerprint density at radius 1 is 1.50 bits per heavy atom. The summed E-state index contributed by atoms with van der Waals surface area (Å²) in [6.45, 7) is 7.84. The summed E-state index contributed by atoms with van der Waals surface area (Å²) >= 11 is 8.85. The summed E-state index contributed by atoms with van der Waals surface area (Å²) in [5, 5.41) is 13.1. The number of thioether (sulfide) groups is 1. The molecular formula is C13H17ClN2O2S2. The van der Waals surface area contributed by atoms with E-state index in [1.807, 2.05) is 0 Å². The molecule has 0 aliphatic carbocycles. The van der Waals surface area contributed by atoms with Crippen LogP contribution in [0.25, 0.3) is 0 Å². The Labute approximate surface area is 131 Å². The maximum Gasteiger partial charge on any atom is 0.318 e. The zero-order chi connectivity index (χ0) is 14.9. The highest BCUT2D eigenvalue weighted by atomic mass is 35.5. The van der Waals surface area contributed by atoms with E-state index >= 15 is 0 Å². The molecule has 1 saturated heterocycles. The summed E-state index contributed by atoms with van der Waals surface area (Å²) in [7, 11) is 0. The molecule has 7 heteroatoms. The van der Waals surface area contributed by atoms with Crippen LogP contribution in [-0.2, 0) is 0 Å². The lowest BCUT2D eigenvalue weighted by molar-refractivity contribution is -0.386. The molecule has 2 atom stereocenters. The van der Waals surface area contributed by atoms with E-state index in [-0.39, 0.29) is 22.7 Å². The molecule has 2 rings (SSSR count). The maximum atomic E-state index is 11.5. The van der Waals surface area contributed by atoms with Crippen LogP contribution in [0.3, 0.4) is 0 Å². The SMILES string of the molecule is C=CSc1sc(Cl)c(N2C(C)CCCC2C)c1[N+](=O)[O-]. The summed E-state index contributed by atoms with van der Waals surface area (Å²) in [6.07, 6.45) is 3.23. The van der Waals surface area contributed by atoms with Gasteiger partial charge < -0.3 is 4.90 Å². The highest BCUT2D eigenvalue weighted by Gasteiger charge is 2.36. The highest BCUT2D eigenvalue weighted by molar-refractivity contribution is 8.04. The summed E-state index contributed by atoms with van der Waals surface area (Å²) in [6, 6.07) is 0.539. The molecular weight excluding hydrogens is 316 g/mol. The monoisotopic (exact) mass is 332 g/mol. The average Bonchev–Trinajstić information content (AvgIpc) is 2.67. The zero-order valence-corrected chi connectivity index (χ0v) is 13.9. The standard InChI is InChI=1S/C13H17ClN2O2S2/c1-4-19-13-11(16(17)18)10(12(14)20-13)15-8(2)6-5-7-9(15)3/h4,8-9H,1,5-7H2,2-3H3. The lowest BCUT2D eigenvalue weighted by Gasteiger charge is -2.40. The van der Waals surface area contributed by atoms with E-state index in [0.29, 0.717) is 14.2 Å². The quantitative estimate of drug-likeness (QED) is 0.425. The summed E-state index contributed by atoms with van der Waals surface area (Å²) < 4.78 is 1.11. The minimum atomic E-state index is -0.322. The lowest BCUT2D eigenvalue weighted by atomic mass is 9.97. The lowest BCUT2D eigenvalue weighted by Crippen LogP contribution is -2.44. The van der Waals surface area contributed by atoms with Gasteiger partial charge in [0.25, 0.3) is 0 Å². The van der Waals surface area contributed by atoms with Crippen molar-refractivity contribution in [2.45, 2.75) is 49.4 Å². The van der Waals surface area contributed by atoms with Crippen molar-refractivity contribution < 1.29 is 4.92 Å². The third-order valence-corrected chi connectivity index (χ3v) is 5.89. The van der Waals surface area contributed by atoms with Gasteiger partial charge in [0.05, 0.1) is 4.92 Å². The van der Waals surface area contributed by atoms with Gasteiger partial charge in [-0.15, -0.1) is 11.3 Å². The number of hydrogen-bond acceptors (Lipinski definition) is 5. The Hall–Kier alpha value is -0.720. The predicted molar refractivity (Wildman–Crippen MR) is 87.3 cm³/mol. The van der Waals surface area contributed by atoms with E-state index in [1.165, 1.54) is 23.1 Å². The van der Waals surface area contributed by atoms with Crippen LogP contribution in [0.2, 0.25) is 4.34 Å². The molecule has 0 radical (unpaired) electrons. The number of nitrogens with zero attached hydrogens (tertiary/aromatic N) is 2. The van der Waals surface area contributed by atoms with Crippen LogP contribution in [0, 0.1) is 10.1 Å². The van der Waals surface area contributed by atoms with Crippen LogP contribution in [-0.4, -0.2) is 17.0 Å². The fourth-order valence-electron chi connectivity index (χ4n) is 2.77. The number of thiophene rings is 1. The molecule has 1 aromatic rings. The topological polar surface area (TPSA) is 46.4 Å². The minimum absolute atomic E-state index is 0.130. The van der Waals surface area contributed by atoms with Crippen molar-refractivity contribution in [1.82, 2.24) is 0 Å². The summed E-state index contributed by atoms with van der Waals surface area (Å²) in [4.78, 5) is 13.3. The van der Waals surface area contributed by atoms with Crippen LogP contribution in [0.4, 0.5) is 11.4 Å². The Morgan fingerprint density at radius 3 is 2.60 bits per heavy atom. The molecule has 0 bridgehead atoms. The Bertz CT molecular complexity index is 523. The molecule has 1 aromatic heterocycles. The number of anilines is 1. The second kappa shape index (κ2) is 6.37. The first-order valence-electron chi connectivity index (χ1n) is 6.50. The predicted octanol–water partition coefficient (Wildman–Crippen LogP) is 5.31. The third kappa shape index (κ3) is 2.82. The zero-order valence-electron chi connectivity index (χ0n) is 11.5. The molecule has 2 heterocycles. The van der Waals surface area contributed by atoms with Crippen molar-refractivity contribution in [2.75, 3.05) is 4.90 Å². The first kappa shape index (κ1) is 15.7. The molecule has 0 saturated carbocycles. The van der Waals surface area contributed by atoms with E-state index in [2.05, 4.69) is 25.3 Å². The van der Waals surface area contributed by atoms with Gasteiger partial charge in [0.2, 0.25) is 0 Å². The third-order valence-electron chi connectivity index (χ3n) is 3.61. The van der Waals surface area contributed by atoms with Gasteiger partial charge in [-0.3, -0.25) is 10.1 Å². The van der Waals surface area contributed by atoms with Gasteiger partial charge >= 0.3 is 5.69 Å². The largest absolute Gasteiger partial charge is 0.359 e. The molecule has 0 aromatic carbocycles. The van der Waals surface area contributed by atoms with Crippen molar-refractivity contribution >= 4 is 46.1 Å².